The molecule has 0 saturated carbocycles. The third-order valence-electron chi connectivity index (χ3n) is 0. The molecule has 4 heteroatoms. The zero-order valence-electron chi connectivity index (χ0n) is 0.707. The molecule has 0 spiro atoms. The second-order valence-corrected chi connectivity index (χ2v) is 0. The van der Waals surface area contributed by atoms with Crippen molar-refractivity contribution in [1.82, 2.24) is 0 Å². The van der Waals surface area contributed by atoms with Gasteiger partial charge in [0.2, 0.25) is 0 Å². The van der Waals surface area contributed by atoms with Crippen LogP contribution in [0, 0.1) is 0 Å². The van der Waals surface area contributed by atoms with Gasteiger partial charge in [0, 0.05) is 34.1 Å². The third-order valence-corrected chi connectivity index (χ3v) is 0. The van der Waals surface area contributed by atoms with Gasteiger partial charge in [0.25, 0.3) is 0 Å². The summed E-state index contributed by atoms with van der Waals surface area (Å²) < 4.78 is 0. The molecule has 0 aromatic heterocycles. The van der Waals surface area contributed by atoms with E-state index in [4.69, 9.17) is 0 Å². The van der Waals surface area contributed by atoms with E-state index in [9.17, 15) is 0 Å². The van der Waals surface area contributed by atoms with Gasteiger partial charge in [-0.15, -0.1) is 0 Å². The summed E-state index contributed by atoms with van der Waals surface area (Å²) in [6.45, 7) is 0. The van der Waals surface area contributed by atoms with Crippen molar-refractivity contribution in [3.8, 4) is 0 Å². The second kappa shape index (κ2) is 18.5. The Kier molecular flexibility index (Phi) is 154. The number of rotatable bonds is 0. The third kappa shape index (κ3) is 8.85. The van der Waals surface area contributed by atoms with Crippen LogP contribution in [0.25, 0.3) is 0 Å². The van der Waals surface area contributed by atoms with Crippen LogP contribution in [0.15, 0.2) is 0 Å². The summed E-state index contributed by atoms with van der Waals surface area (Å²) in [5, 5.41) is 0. The van der Waals surface area contributed by atoms with Crippen molar-refractivity contribution >= 4 is 39.6 Å². The second-order valence-electron chi connectivity index (χ2n) is 0. The van der Waals surface area contributed by atoms with E-state index < -0.39 is 0 Å². The summed E-state index contributed by atoms with van der Waals surface area (Å²) in [5.74, 6) is 0. The molecule has 0 radical (unpaired) electrons. The Hall–Kier alpha value is 2.31. The molecule has 28 valence electrons. The molecule has 0 aliphatic carbocycles. The SMILES string of the molecule is [Fe].[Fe].[GaH3].[GaH3]. The Morgan fingerprint density at radius 2 is 0.500 bits per heavy atom. The topological polar surface area (TPSA) is 0 Å². The van der Waals surface area contributed by atoms with Crippen LogP contribution in [0.5, 0.6) is 0 Å². The standard InChI is InChI=1S/2Fe.2Ga.6H. The van der Waals surface area contributed by atoms with Gasteiger partial charge in [0.05, 0.1) is 0 Å². The van der Waals surface area contributed by atoms with E-state index in [0.29, 0.717) is 0 Å². The quantitative estimate of drug-likeness (QED) is 0.425. The molecule has 0 N–H and O–H groups in total. The van der Waals surface area contributed by atoms with Gasteiger partial charge in [0.15, 0.2) is 0 Å². The average molecular weight is 257 g/mol. The van der Waals surface area contributed by atoms with Crippen molar-refractivity contribution in [2.75, 3.05) is 0 Å². The minimum atomic E-state index is 0. The van der Waals surface area contributed by atoms with E-state index in [1.807, 2.05) is 0 Å². The van der Waals surface area contributed by atoms with Crippen LogP contribution in [-0.2, 0) is 34.1 Å². The summed E-state index contributed by atoms with van der Waals surface area (Å²) in [5.41, 5.74) is 0. The van der Waals surface area contributed by atoms with Crippen molar-refractivity contribution < 1.29 is 34.1 Å². The summed E-state index contributed by atoms with van der Waals surface area (Å²) in [7, 11) is 0. The van der Waals surface area contributed by atoms with Gasteiger partial charge in [-0.1, -0.05) is 0 Å². The maximum absolute atomic E-state index is 0. The molecule has 0 fully saturated rings. The van der Waals surface area contributed by atoms with Crippen LogP contribution < -0.4 is 0 Å². The summed E-state index contributed by atoms with van der Waals surface area (Å²) in [4.78, 5) is 0. The van der Waals surface area contributed by atoms with Crippen molar-refractivity contribution in [2.45, 2.75) is 0 Å². The van der Waals surface area contributed by atoms with Crippen LogP contribution in [0.1, 0.15) is 0 Å². The summed E-state index contributed by atoms with van der Waals surface area (Å²) >= 11 is 0. The molecule has 0 amide bonds. The van der Waals surface area contributed by atoms with Gasteiger partial charge < -0.3 is 0 Å². The maximum atomic E-state index is 0. The molecule has 0 aromatic carbocycles. The molecular weight excluding hydrogens is 251 g/mol. The molecule has 4 heavy (non-hydrogen) atoms. The fourth-order valence-corrected chi connectivity index (χ4v) is 0. The molecule has 0 aromatic rings. The van der Waals surface area contributed by atoms with E-state index in [-0.39, 0.29) is 73.7 Å². The van der Waals surface area contributed by atoms with Crippen molar-refractivity contribution in [2.24, 2.45) is 0 Å². The van der Waals surface area contributed by atoms with E-state index in [1.54, 1.807) is 0 Å². The van der Waals surface area contributed by atoms with Gasteiger partial charge in [-0.2, -0.15) is 0 Å². The van der Waals surface area contributed by atoms with Gasteiger partial charge >= 0.3 is 39.6 Å². The first-order valence-electron chi connectivity index (χ1n) is 0. The van der Waals surface area contributed by atoms with E-state index in [2.05, 4.69) is 0 Å². The Morgan fingerprint density at radius 3 is 0.500 bits per heavy atom. The first-order valence-corrected chi connectivity index (χ1v) is 0. The Morgan fingerprint density at radius 1 is 0.500 bits per heavy atom. The molecule has 0 rings (SSSR count). The minimum absolute atomic E-state index is 0. The van der Waals surface area contributed by atoms with Crippen molar-refractivity contribution in [3.05, 3.63) is 0 Å². The molecule has 0 unspecified atom stereocenters. The van der Waals surface area contributed by atoms with E-state index in [0.717, 1.165) is 0 Å². The van der Waals surface area contributed by atoms with Crippen LogP contribution in [0.3, 0.4) is 0 Å². The fraction of sp³-hybridized carbons (Fsp3) is 0. The van der Waals surface area contributed by atoms with Gasteiger partial charge in [-0.05, 0) is 0 Å². The number of hydrogen-bond acceptors (Lipinski definition) is 0. The molecule has 0 heterocycles. The van der Waals surface area contributed by atoms with Gasteiger partial charge in [-0.3, -0.25) is 0 Å². The van der Waals surface area contributed by atoms with Crippen molar-refractivity contribution in [3.63, 3.8) is 0 Å². The monoisotopic (exact) mass is 256 g/mol. The first kappa shape index (κ1) is 33.3. The van der Waals surface area contributed by atoms with Crippen LogP contribution >= 0.6 is 0 Å². The van der Waals surface area contributed by atoms with Gasteiger partial charge in [-0.25, -0.2) is 0 Å². The predicted octanol–water partition coefficient (Wildman–Crippen LogP) is -2.37. The Bertz CT molecular complexity index is 4.00. The van der Waals surface area contributed by atoms with Crippen molar-refractivity contribution in [1.29, 1.82) is 0 Å². The normalized spacial score (nSPS) is 0. The first-order chi connectivity index (χ1) is 0. The molecule has 0 aliphatic heterocycles. The van der Waals surface area contributed by atoms with Crippen LogP contribution in [0.2, 0.25) is 0 Å². The zero-order valence-corrected chi connectivity index (χ0v) is 2.92. The average Bonchev–Trinajstić information content (AvgIpc) is 0. The molecule has 0 aliphatic rings. The number of hydrogen-bond donors (Lipinski definition) is 0. The molecule has 0 nitrogen and oxygen atoms in total. The molecule has 0 saturated heterocycles. The predicted molar refractivity (Wildman–Crippen MR) is 19.9 cm³/mol. The van der Waals surface area contributed by atoms with Crippen LogP contribution in [-0.4, -0.2) is 39.6 Å². The summed E-state index contributed by atoms with van der Waals surface area (Å²) in [6, 6.07) is 0. The summed E-state index contributed by atoms with van der Waals surface area (Å²) in [6.07, 6.45) is 0. The Labute approximate surface area is 72.9 Å². The van der Waals surface area contributed by atoms with Crippen LogP contribution in [0.4, 0.5) is 0 Å². The molecule has 0 atom stereocenters. The Balaban J connectivity index is 0. The fourth-order valence-electron chi connectivity index (χ4n) is 0. The van der Waals surface area contributed by atoms with E-state index in [1.165, 1.54) is 0 Å². The zero-order chi connectivity index (χ0) is 0. The van der Waals surface area contributed by atoms with Gasteiger partial charge in [0.1, 0.15) is 0 Å². The molecule has 0 bridgehead atoms. The van der Waals surface area contributed by atoms with E-state index >= 15 is 0 Å². The molecular formula is H6Fe2Ga2.